The molecule has 24 heavy (non-hydrogen) atoms. The molecule has 3 rings (SSSR count). The average Bonchev–Trinajstić information content (AvgIpc) is 2.96. The van der Waals surface area contributed by atoms with Gasteiger partial charge in [0.25, 0.3) is 0 Å². The van der Waals surface area contributed by atoms with Crippen LogP contribution >= 0.6 is 0 Å². The monoisotopic (exact) mass is 327 g/mol. The van der Waals surface area contributed by atoms with Crippen molar-refractivity contribution < 1.29 is 0 Å². The Morgan fingerprint density at radius 2 is 2.08 bits per heavy atom. The SMILES string of the molecule is CCn1ncc(CNC[C@H]2CCCCN(Cc3ccccc3)C2)n1. The number of likely N-dealkylation sites (tertiary alicyclic amines) is 1. The maximum absolute atomic E-state index is 4.43. The number of benzene rings is 1. The Morgan fingerprint density at radius 3 is 2.88 bits per heavy atom. The van der Waals surface area contributed by atoms with Crippen LogP contribution in [0, 0.1) is 5.92 Å². The van der Waals surface area contributed by atoms with Crippen molar-refractivity contribution in [3.63, 3.8) is 0 Å². The summed E-state index contributed by atoms with van der Waals surface area (Å²) in [4.78, 5) is 4.35. The number of hydrogen-bond donors (Lipinski definition) is 1. The molecular formula is C19H29N5. The maximum Gasteiger partial charge on any atom is 0.0964 e. The van der Waals surface area contributed by atoms with Crippen molar-refractivity contribution in [2.75, 3.05) is 19.6 Å². The van der Waals surface area contributed by atoms with Crippen LogP contribution in [0.5, 0.6) is 0 Å². The van der Waals surface area contributed by atoms with Crippen molar-refractivity contribution in [1.29, 1.82) is 0 Å². The molecular weight excluding hydrogens is 298 g/mol. The summed E-state index contributed by atoms with van der Waals surface area (Å²) in [6.07, 6.45) is 5.84. The minimum Gasteiger partial charge on any atom is -0.311 e. The Hall–Kier alpha value is -1.72. The highest BCUT2D eigenvalue weighted by Gasteiger charge is 2.18. The molecule has 1 aromatic carbocycles. The van der Waals surface area contributed by atoms with Crippen LogP contribution in [0.3, 0.4) is 0 Å². The van der Waals surface area contributed by atoms with Crippen LogP contribution < -0.4 is 5.32 Å². The number of nitrogens with one attached hydrogen (secondary N) is 1. The fourth-order valence-electron chi connectivity index (χ4n) is 3.44. The number of hydrogen-bond acceptors (Lipinski definition) is 4. The van der Waals surface area contributed by atoms with Crippen LogP contribution in [0.2, 0.25) is 0 Å². The third-order valence-corrected chi connectivity index (χ3v) is 4.71. The van der Waals surface area contributed by atoms with Crippen LogP contribution in [0.25, 0.3) is 0 Å². The van der Waals surface area contributed by atoms with E-state index in [0.717, 1.165) is 37.8 Å². The van der Waals surface area contributed by atoms with Gasteiger partial charge in [0.2, 0.25) is 0 Å². The minimum atomic E-state index is 0.720. The molecule has 130 valence electrons. The van der Waals surface area contributed by atoms with Crippen molar-refractivity contribution in [3.8, 4) is 0 Å². The van der Waals surface area contributed by atoms with Gasteiger partial charge in [-0.15, -0.1) is 0 Å². The molecule has 2 aromatic rings. The molecule has 1 atom stereocenters. The van der Waals surface area contributed by atoms with E-state index in [1.54, 1.807) is 4.80 Å². The summed E-state index contributed by atoms with van der Waals surface area (Å²) in [6.45, 7) is 8.24. The zero-order chi connectivity index (χ0) is 16.6. The summed E-state index contributed by atoms with van der Waals surface area (Å²) < 4.78 is 0. The molecule has 1 fully saturated rings. The number of aromatic nitrogens is 3. The molecule has 1 aliphatic rings. The summed E-state index contributed by atoms with van der Waals surface area (Å²) >= 11 is 0. The van der Waals surface area contributed by atoms with E-state index >= 15 is 0 Å². The van der Waals surface area contributed by atoms with E-state index in [2.05, 4.69) is 57.7 Å². The zero-order valence-corrected chi connectivity index (χ0v) is 14.7. The average molecular weight is 327 g/mol. The van der Waals surface area contributed by atoms with E-state index in [1.165, 1.54) is 37.9 Å². The summed E-state index contributed by atoms with van der Waals surface area (Å²) in [5.74, 6) is 0.720. The largest absolute Gasteiger partial charge is 0.311 e. The van der Waals surface area contributed by atoms with E-state index in [-0.39, 0.29) is 0 Å². The van der Waals surface area contributed by atoms with Crippen molar-refractivity contribution >= 4 is 0 Å². The lowest BCUT2D eigenvalue weighted by Gasteiger charge is -2.24. The summed E-state index contributed by atoms with van der Waals surface area (Å²) in [6, 6.07) is 10.8. The topological polar surface area (TPSA) is 46.0 Å². The quantitative estimate of drug-likeness (QED) is 0.849. The molecule has 0 saturated carbocycles. The van der Waals surface area contributed by atoms with Gasteiger partial charge in [0.15, 0.2) is 0 Å². The maximum atomic E-state index is 4.43. The number of rotatable bonds is 7. The molecule has 1 saturated heterocycles. The second kappa shape index (κ2) is 8.94. The highest BCUT2D eigenvalue weighted by molar-refractivity contribution is 5.14. The van der Waals surface area contributed by atoms with Gasteiger partial charge in [-0.2, -0.15) is 15.0 Å². The standard InChI is InChI=1S/C19H29N5/c1-2-24-21-14-19(22-24)13-20-12-18-10-6-7-11-23(16-18)15-17-8-4-3-5-9-17/h3-5,8-9,14,18,20H,2,6-7,10-13,15-16H2,1H3/t18-/m1/s1. The molecule has 0 unspecified atom stereocenters. The third kappa shape index (κ3) is 5.14. The van der Waals surface area contributed by atoms with Gasteiger partial charge in [0.05, 0.1) is 18.4 Å². The van der Waals surface area contributed by atoms with Crippen molar-refractivity contribution in [2.45, 2.75) is 45.8 Å². The summed E-state index contributed by atoms with van der Waals surface area (Å²) in [5, 5.41) is 12.2. The lowest BCUT2D eigenvalue weighted by molar-refractivity contribution is 0.237. The van der Waals surface area contributed by atoms with E-state index in [1.807, 2.05) is 6.20 Å². The highest BCUT2D eigenvalue weighted by Crippen LogP contribution is 2.18. The van der Waals surface area contributed by atoms with Crippen molar-refractivity contribution in [1.82, 2.24) is 25.2 Å². The van der Waals surface area contributed by atoms with Gasteiger partial charge < -0.3 is 5.32 Å². The molecule has 0 bridgehead atoms. The van der Waals surface area contributed by atoms with Crippen LogP contribution in [-0.4, -0.2) is 39.5 Å². The Morgan fingerprint density at radius 1 is 1.21 bits per heavy atom. The molecule has 1 aromatic heterocycles. The molecule has 0 amide bonds. The molecule has 5 heteroatoms. The fourth-order valence-corrected chi connectivity index (χ4v) is 3.44. The van der Waals surface area contributed by atoms with Gasteiger partial charge in [0, 0.05) is 19.6 Å². The Kier molecular flexibility index (Phi) is 6.38. The van der Waals surface area contributed by atoms with E-state index in [0.29, 0.717) is 0 Å². The van der Waals surface area contributed by atoms with E-state index < -0.39 is 0 Å². The molecule has 1 aliphatic heterocycles. The fraction of sp³-hybridized carbons (Fsp3) is 0.579. The van der Waals surface area contributed by atoms with E-state index in [9.17, 15) is 0 Å². The van der Waals surface area contributed by atoms with Gasteiger partial charge in [0.1, 0.15) is 0 Å². The molecule has 0 aliphatic carbocycles. The molecule has 0 spiro atoms. The Balaban J connectivity index is 1.46. The van der Waals surface area contributed by atoms with Crippen molar-refractivity contribution in [3.05, 3.63) is 47.8 Å². The van der Waals surface area contributed by atoms with Gasteiger partial charge in [-0.1, -0.05) is 36.8 Å². The third-order valence-electron chi connectivity index (χ3n) is 4.71. The molecule has 0 radical (unpaired) electrons. The lowest BCUT2D eigenvalue weighted by Crippen LogP contribution is -2.33. The summed E-state index contributed by atoms with van der Waals surface area (Å²) in [5.41, 5.74) is 2.45. The first-order valence-corrected chi connectivity index (χ1v) is 9.19. The second-order valence-electron chi connectivity index (χ2n) is 6.74. The molecule has 2 heterocycles. The zero-order valence-electron chi connectivity index (χ0n) is 14.7. The number of aryl methyl sites for hydroxylation is 1. The predicted octanol–water partition coefficient (Wildman–Crippen LogP) is 2.69. The van der Waals surface area contributed by atoms with Gasteiger partial charge in [-0.25, -0.2) is 0 Å². The molecule has 1 N–H and O–H groups in total. The van der Waals surface area contributed by atoms with Gasteiger partial charge in [-0.05, 0) is 44.3 Å². The highest BCUT2D eigenvalue weighted by atomic mass is 15.5. The molecule has 5 nitrogen and oxygen atoms in total. The normalized spacial score (nSPS) is 19.3. The minimum absolute atomic E-state index is 0.720. The first-order valence-electron chi connectivity index (χ1n) is 9.19. The smallest absolute Gasteiger partial charge is 0.0964 e. The van der Waals surface area contributed by atoms with Gasteiger partial charge >= 0.3 is 0 Å². The lowest BCUT2D eigenvalue weighted by atomic mass is 10.0. The van der Waals surface area contributed by atoms with Crippen LogP contribution in [0.15, 0.2) is 36.5 Å². The first kappa shape index (κ1) is 17.1. The van der Waals surface area contributed by atoms with Gasteiger partial charge in [-0.3, -0.25) is 4.90 Å². The van der Waals surface area contributed by atoms with Crippen LogP contribution in [0.4, 0.5) is 0 Å². The Bertz CT molecular complexity index is 595. The first-order chi connectivity index (χ1) is 11.8. The van der Waals surface area contributed by atoms with Crippen molar-refractivity contribution in [2.24, 2.45) is 5.92 Å². The van der Waals surface area contributed by atoms with E-state index in [4.69, 9.17) is 0 Å². The van der Waals surface area contributed by atoms with Crippen LogP contribution in [0.1, 0.15) is 37.4 Å². The number of nitrogens with zero attached hydrogens (tertiary/aromatic N) is 4. The predicted molar refractivity (Wildman–Crippen MR) is 96.5 cm³/mol. The van der Waals surface area contributed by atoms with Crippen LogP contribution in [-0.2, 0) is 19.6 Å². The Labute approximate surface area is 145 Å². The summed E-state index contributed by atoms with van der Waals surface area (Å²) in [7, 11) is 0. The second-order valence-corrected chi connectivity index (χ2v) is 6.74.